The Bertz CT molecular complexity index is 427. The highest BCUT2D eigenvalue weighted by Gasteiger charge is 2.14. The first kappa shape index (κ1) is 10.7. The second-order valence-electron chi connectivity index (χ2n) is 3.31. The highest BCUT2D eigenvalue weighted by atomic mass is 16.5. The molecule has 2 heterocycles. The van der Waals surface area contributed by atoms with Gasteiger partial charge in [0, 0.05) is 11.6 Å². The van der Waals surface area contributed by atoms with Crippen molar-refractivity contribution in [2.24, 2.45) is 0 Å². The van der Waals surface area contributed by atoms with Crippen molar-refractivity contribution < 1.29 is 4.74 Å². The molecule has 1 aliphatic heterocycles. The molecule has 1 aliphatic rings. The van der Waals surface area contributed by atoms with Crippen LogP contribution >= 0.6 is 0 Å². The van der Waals surface area contributed by atoms with Crippen LogP contribution in [0.5, 0.6) is 5.88 Å². The standard InChI is InChI=1S/C11H10N2O.C2H6/c1-2-4-9(5-3-1)10-8-11-13(12-10)6-7-14-11;1-2/h1-5,8H,6-7H2;1-2H3. The summed E-state index contributed by atoms with van der Waals surface area (Å²) in [5.74, 6) is 0.879. The average Bonchev–Trinajstić information content (AvgIpc) is 2.93. The Kier molecular flexibility index (Phi) is 3.25. The fraction of sp³-hybridized carbons (Fsp3) is 0.308. The van der Waals surface area contributed by atoms with Crippen molar-refractivity contribution in [3.05, 3.63) is 36.4 Å². The van der Waals surface area contributed by atoms with Gasteiger partial charge in [-0.1, -0.05) is 44.2 Å². The Morgan fingerprint density at radius 2 is 1.94 bits per heavy atom. The van der Waals surface area contributed by atoms with Gasteiger partial charge in [0.1, 0.15) is 6.61 Å². The van der Waals surface area contributed by atoms with Crippen LogP contribution in [0.25, 0.3) is 11.3 Å². The van der Waals surface area contributed by atoms with Gasteiger partial charge in [-0.2, -0.15) is 5.10 Å². The van der Waals surface area contributed by atoms with E-state index in [4.69, 9.17) is 4.74 Å². The first-order valence-corrected chi connectivity index (χ1v) is 5.69. The van der Waals surface area contributed by atoms with E-state index >= 15 is 0 Å². The summed E-state index contributed by atoms with van der Waals surface area (Å²) in [7, 11) is 0. The van der Waals surface area contributed by atoms with Gasteiger partial charge >= 0.3 is 0 Å². The number of rotatable bonds is 1. The van der Waals surface area contributed by atoms with Gasteiger partial charge in [0.15, 0.2) is 0 Å². The molecule has 0 spiro atoms. The van der Waals surface area contributed by atoms with E-state index in [2.05, 4.69) is 17.2 Å². The molecule has 0 saturated heterocycles. The van der Waals surface area contributed by atoms with Crippen LogP contribution < -0.4 is 4.74 Å². The monoisotopic (exact) mass is 216 g/mol. The lowest BCUT2D eigenvalue weighted by Crippen LogP contribution is -1.95. The number of nitrogens with zero attached hydrogens (tertiary/aromatic N) is 2. The van der Waals surface area contributed by atoms with Crippen molar-refractivity contribution in [2.45, 2.75) is 20.4 Å². The molecule has 0 atom stereocenters. The summed E-state index contributed by atoms with van der Waals surface area (Å²) in [6.45, 7) is 5.61. The van der Waals surface area contributed by atoms with Crippen molar-refractivity contribution in [3.63, 3.8) is 0 Å². The van der Waals surface area contributed by atoms with Crippen molar-refractivity contribution in [3.8, 4) is 17.1 Å². The summed E-state index contributed by atoms with van der Waals surface area (Å²) in [5.41, 5.74) is 2.12. The fourth-order valence-electron chi connectivity index (χ4n) is 1.66. The lowest BCUT2D eigenvalue weighted by Gasteiger charge is -1.94. The second kappa shape index (κ2) is 4.84. The number of benzene rings is 1. The van der Waals surface area contributed by atoms with Gasteiger partial charge in [-0.25, -0.2) is 4.68 Å². The van der Waals surface area contributed by atoms with Gasteiger partial charge in [-0.15, -0.1) is 0 Å². The van der Waals surface area contributed by atoms with Crippen LogP contribution in [0.4, 0.5) is 0 Å². The minimum absolute atomic E-state index is 0.747. The topological polar surface area (TPSA) is 27.1 Å². The maximum absolute atomic E-state index is 5.40. The number of fused-ring (bicyclic) bond motifs is 1. The maximum Gasteiger partial charge on any atom is 0.212 e. The highest BCUT2D eigenvalue weighted by Crippen LogP contribution is 2.25. The number of hydrogen-bond acceptors (Lipinski definition) is 2. The summed E-state index contributed by atoms with van der Waals surface area (Å²) >= 11 is 0. The molecule has 0 N–H and O–H groups in total. The minimum atomic E-state index is 0.747. The minimum Gasteiger partial charge on any atom is -0.476 e. The molecule has 0 bridgehead atoms. The molecule has 0 radical (unpaired) electrons. The van der Waals surface area contributed by atoms with E-state index in [9.17, 15) is 0 Å². The molecule has 3 heteroatoms. The molecule has 16 heavy (non-hydrogen) atoms. The lowest BCUT2D eigenvalue weighted by atomic mass is 10.2. The fourth-order valence-corrected chi connectivity index (χ4v) is 1.66. The van der Waals surface area contributed by atoms with Gasteiger partial charge < -0.3 is 4.74 Å². The van der Waals surface area contributed by atoms with Crippen LogP contribution in [0.15, 0.2) is 36.4 Å². The molecule has 3 rings (SSSR count). The van der Waals surface area contributed by atoms with Gasteiger partial charge in [-0.3, -0.25) is 0 Å². The second-order valence-corrected chi connectivity index (χ2v) is 3.31. The Hall–Kier alpha value is -1.77. The molecule has 3 nitrogen and oxygen atoms in total. The van der Waals surface area contributed by atoms with E-state index in [0.29, 0.717) is 0 Å². The molecule has 1 aromatic carbocycles. The van der Waals surface area contributed by atoms with Crippen LogP contribution in [-0.4, -0.2) is 16.4 Å². The summed E-state index contributed by atoms with van der Waals surface area (Å²) < 4.78 is 7.31. The van der Waals surface area contributed by atoms with Crippen molar-refractivity contribution >= 4 is 0 Å². The summed E-state index contributed by atoms with van der Waals surface area (Å²) in [5, 5.41) is 4.45. The van der Waals surface area contributed by atoms with Gasteiger partial charge in [0.2, 0.25) is 5.88 Å². The molecular formula is C13H16N2O. The van der Waals surface area contributed by atoms with E-state index in [1.807, 2.05) is 42.8 Å². The maximum atomic E-state index is 5.40. The highest BCUT2D eigenvalue weighted by molar-refractivity contribution is 5.60. The number of hydrogen-bond donors (Lipinski definition) is 0. The van der Waals surface area contributed by atoms with Gasteiger partial charge in [-0.05, 0) is 0 Å². The van der Waals surface area contributed by atoms with Crippen LogP contribution in [0.1, 0.15) is 13.8 Å². The Morgan fingerprint density at radius 1 is 1.19 bits per heavy atom. The Morgan fingerprint density at radius 3 is 2.62 bits per heavy atom. The molecule has 2 aromatic rings. The zero-order valence-electron chi connectivity index (χ0n) is 9.68. The number of ether oxygens (including phenoxy) is 1. The smallest absolute Gasteiger partial charge is 0.212 e. The molecule has 0 saturated carbocycles. The molecule has 84 valence electrons. The third-order valence-electron chi connectivity index (χ3n) is 2.37. The van der Waals surface area contributed by atoms with Crippen LogP contribution in [0.3, 0.4) is 0 Å². The van der Waals surface area contributed by atoms with E-state index in [1.165, 1.54) is 0 Å². The third-order valence-corrected chi connectivity index (χ3v) is 2.37. The van der Waals surface area contributed by atoms with E-state index in [0.717, 1.165) is 30.3 Å². The van der Waals surface area contributed by atoms with E-state index < -0.39 is 0 Å². The quantitative estimate of drug-likeness (QED) is 0.732. The third kappa shape index (κ3) is 1.94. The SMILES string of the molecule is CC.c1ccc(-c2cc3n(n2)CCO3)cc1. The van der Waals surface area contributed by atoms with Crippen LogP contribution in [0.2, 0.25) is 0 Å². The van der Waals surface area contributed by atoms with E-state index in [1.54, 1.807) is 0 Å². The molecule has 0 fully saturated rings. The predicted octanol–water partition coefficient (Wildman–Crippen LogP) is 2.97. The van der Waals surface area contributed by atoms with Crippen molar-refractivity contribution in [1.29, 1.82) is 0 Å². The molecule has 0 aliphatic carbocycles. The zero-order valence-corrected chi connectivity index (χ0v) is 9.68. The zero-order chi connectivity index (χ0) is 11.4. The first-order chi connectivity index (χ1) is 7.93. The molecular weight excluding hydrogens is 200 g/mol. The van der Waals surface area contributed by atoms with Crippen LogP contribution in [-0.2, 0) is 6.54 Å². The predicted molar refractivity (Wildman–Crippen MR) is 64.5 cm³/mol. The van der Waals surface area contributed by atoms with Crippen molar-refractivity contribution in [1.82, 2.24) is 9.78 Å². The number of aromatic nitrogens is 2. The lowest BCUT2D eigenvalue weighted by molar-refractivity contribution is 0.357. The Labute approximate surface area is 95.7 Å². The van der Waals surface area contributed by atoms with Crippen LogP contribution in [0, 0.1) is 0 Å². The average molecular weight is 216 g/mol. The van der Waals surface area contributed by atoms with Crippen molar-refractivity contribution in [2.75, 3.05) is 6.61 Å². The first-order valence-electron chi connectivity index (χ1n) is 5.69. The summed E-state index contributed by atoms with van der Waals surface area (Å²) in [6, 6.07) is 12.1. The normalized spacial score (nSPS) is 12.4. The Balaban J connectivity index is 0.000000457. The summed E-state index contributed by atoms with van der Waals surface area (Å²) in [4.78, 5) is 0. The largest absolute Gasteiger partial charge is 0.476 e. The van der Waals surface area contributed by atoms with E-state index in [-0.39, 0.29) is 0 Å². The molecule has 1 aromatic heterocycles. The van der Waals surface area contributed by atoms with Gasteiger partial charge in [0.25, 0.3) is 0 Å². The van der Waals surface area contributed by atoms with Gasteiger partial charge in [0.05, 0.1) is 12.2 Å². The molecule has 0 amide bonds. The summed E-state index contributed by atoms with van der Waals surface area (Å²) in [6.07, 6.45) is 0. The molecule has 0 unspecified atom stereocenters.